The second-order valence-corrected chi connectivity index (χ2v) is 13.4. The van der Waals surface area contributed by atoms with Crippen molar-refractivity contribution in [3.8, 4) is 11.5 Å². The summed E-state index contributed by atoms with van der Waals surface area (Å²) in [5.74, 6) is -0.304. The van der Waals surface area contributed by atoms with Crippen LogP contribution in [-0.4, -0.2) is 58.5 Å². The molecular formula is C33H41Cl2N3O6S. The molecule has 0 spiro atoms. The quantitative estimate of drug-likeness (QED) is 0.183. The Bertz CT molecular complexity index is 1600. The van der Waals surface area contributed by atoms with Crippen molar-refractivity contribution in [1.29, 1.82) is 0 Å². The van der Waals surface area contributed by atoms with Gasteiger partial charge >= 0.3 is 0 Å². The third-order valence-electron chi connectivity index (χ3n) is 7.27. The zero-order valence-electron chi connectivity index (χ0n) is 26.5. The van der Waals surface area contributed by atoms with Crippen LogP contribution in [0, 0.1) is 13.8 Å². The van der Waals surface area contributed by atoms with E-state index < -0.39 is 28.5 Å². The first-order chi connectivity index (χ1) is 21.4. The Kier molecular flexibility index (Phi) is 13.0. The second-order valence-electron chi connectivity index (χ2n) is 10.7. The number of hydrogen-bond acceptors (Lipinski definition) is 6. The molecule has 3 aromatic rings. The summed E-state index contributed by atoms with van der Waals surface area (Å²) in [6, 6.07) is 13.7. The van der Waals surface area contributed by atoms with Crippen molar-refractivity contribution in [3.05, 3.63) is 81.3 Å². The summed E-state index contributed by atoms with van der Waals surface area (Å²) in [4.78, 5) is 29.0. The molecule has 0 saturated heterocycles. The molecule has 1 atom stereocenters. The minimum absolute atomic E-state index is 0.00647. The monoisotopic (exact) mass is 677 g/mol. The van der Waals surface area contributed by atoms with Gasteiger partial charge in [0.2, 0.25) is 11.8 Å². The van der Waals surface area contributed by atoms with E-state index in [2.05, 4.69) is 5.32 Å². The molecule has 0 heterocycles. The van der Waals surface area contributed by atoms with Crippen molar-refractivity contribution < 1.29 is 27.5 Å². The number of aryl methyl sites for hydroxylation is 2. The van der Waals surface area contributed by atoms with Gasteiger partial charge in [0.15, 0.2) is 11.5 Å². The highest BCUT2D eigenvalue weighted by atomic mass is 35.5. The number of methoxy groups -OCH3 is 2. The van der Waals surface area contributed by atoms with Crippen molar-refractivity contribution in [2.45, 2.75) is 64.4 Å². The summed E-state index contributed by atoms with van der Waals surface area (Å²) in [5.41, 5.74) is 2.59. The molecule has 0 aromatic heterocycles. The number of nitrogens with one attached hydrogen (secondary N) is 1. The molecule has 45 heavy (non-hydrogen) atoms. The number of ether oxygens (including phenoxy) is 2. The van der Waals surface area contributed by atoms with Gasteiger partial charge in [0, 0.05) is 19.2 Å². The summed E-state index contributed by atoms with van der Waals surface area (Å²) in [6.07, 6.45) is 1.98. The number of amides is 2. The van der Waals surface area contributed by atoms with Crippen LogP contribution >= 0.6 is 23.2 Å². The van der Waals surface area contributed by atoms with Gasteiger partial charge < -0.3 is 19.7 Å². The first-order valence-electron chi connectivity index (χ1n) is 14.7. The number of rotatable bonds is 15. The summed E-state index contributed by atoms with van der Waals surface area (Å²) >= 11 is 12.4. The first kappa shape index (κ1) is 36.0. The van der Waals surface area contributed by atoms with Crippen LogP contribution in [0.1, 0.15) is 49.8 Å². The van der Waals surface area contributed by atoms with E-state index in [9.17, 15) is 18.0 Å². The highest BCUT2D eigenvalue weighted by Crippen LogP contribution is 2.33. The Morgan fingerprint density at radius 2 is 1.56 bits per heavy atom. The van der Waals surface area contributed by atoms with Crippen molar-refractivity contribution in [1.82, 2.24) is 10.2 Å². The van der Waals surface area contributed by atoms with Crippen molar-refractivity contribution in [3.63, 3.8) is 0 Å². The van der Waals surface area contributed by atoms with Crippen LogP contribution in [0.15, 0.2) is 59.5 Å². The van der Waals surface area contributed by atoms with Gasteiger partial charge in [-0.05, 0) is 79.8 Å². The van der Waals surface area contributed by atoms with Crippen LogP contribution in [-0.2, 0) is 26.2 Å². The molecule has 244 valence electrons. The van der Waals surface area contributed by atoms with Crippen molar-refractivity contribution in [2.75, 3.05) is 31.6 Å². The number of anilines is 1. The standard InChI is InChI=1S/C33H41Cl2N3O6S/c1-7-9-14-36-33(40)29(8-2)37(20-24-10-12-27(34)28(35)18-24)32(39)21-38(25-16-22(3)15-23(4)17-25)45(41,42)26-11-13-30(43-5)31(19-26)44-6/h10-13,15-19,29H,7-9,14,20-21H2,1-6H3,(H,36,40). The molecule has 0 bridgehead atoms. The van der Waals surface area contributed by atoms with E-state index in [0.717, 1.165) is 28.3 Å². The molecule has 12 heteroatoms. The minimum Gasteiger partial charge on any atom is -0.493 e. The fraction of sp³-hybridized carbons (Fsp3) is 0.394. The number of hydrogen-bond donors (Lipinski definition) is 1. The zero-order valence-corrected chi connectivity index (χ0v) is 28.9. The Balaban J connectivity index is 2.13. The molecule has 0 radical (unpaired) electrons. The Morgan fingerprint density at radius 3 is 2.13 bits per heavy atom. The Labute approximate surface area is 276 Å². The predicted molar refractivity (Wildman–Crippen MR) is 179 cm³/mol. The summed E-state index contributed by atoms with van der Waals surface area (Å²) < 4.78 is 40.4. The van der Waals surface area contributed by atoms with E-state index in [0.29, 0.717) is 40.0 Å². The van der Waals surface area contributed by atoms with Gasteiger partial charge in [0.05, 0.1) is 34.8 Å². The molecule has 2 amide bonds. The number of benzene rings is 3. The number of carbonyl (C=O) groups is 2. The molecule has 0 aliphatic carbocycles. The number of sulfonamides is 1. The van der Waals surface area contributed by atoms with E-state index in [1.54, 1.807) is 37.3 Å². The molecule has 9 nitrogen and oxygen atoms in total. The van der Waals surface area contributed by atoms with Crippen molar-refractivity contribution >= 4 is 50.7 Å². The maximum atomic E-state index is 14.3. The highest BCUT2D eigenvalue weighted by molar-refractivity contribution is 7.92. The third-order valence-corrected chi connectivity index (χ3v) is 9.78. The van der Waals surface area contributed by atoms with Crippen molar-refractivity contribution in [2.24, 2.45) is 0 Å². The predicted octanol–water partition coefficient (Wildman–Crippen LogP) is 6.55. The number of nitrogens with zero attached hydrogens (tertiary/aromatic N) is 2. The number of halogens is 2. The fourth-order valence-corrected chi connectivity index (χ4v) is 6.72. The summed E-state index contributed by atoms with van der Waals surface area (Å²) in [6.45, 7) is 7.42. The highest BCUT2D eigenvalue weighted by Gasteiger charge is 2.34. The molecule has 3 aromatic carbocycles. The lowest BCUT2D eigenvalue weighted by molar-refractivity contribution is -0.140. The number of carbonyl (C=O) groups excluding carboxylic acids is 2. The molecule has 3 rings (SSSR count). The third kappa shape index (κ3) is 9.05. The van der Waals surface area contributed by atoms with Crippen LogP contribution < -0.4 is 19.1 Å². The van der Waals surface area contributed by atoms with E-state index in [4.69, 9.17) is 32.7 Å². The average Bonchev–Trinajstić information content (AvgIpc) is 3.00. The molecule has 0 fully saturated rings. The molecule has 1 N–H and O–H groups in total. The lowest BCUT2D eigenvalue weighted by Crippen LogP contribution is -2.52. The topological polar surface area (TPSA) is 105 Å². The Hall–Kier alpha value is -3.47. The summed E-state index contributed by atoms with van der Waals surface area (Å²) in [5, 5.41) is 3.57. The minimum atomic E-state index is -4.32. The average molecular weight is 679 g/mol. The van der Waals surface area contributed by atoms with E-state index >= 15 is 0 Å². The van der Waals surface area contributed by atoms with Crippen LogP contribution in [0.4, 0.5) is 5.69 Å². The normalized spacial score (nSPS) is 11.9. The molecule has 0 aliphatic rings. The van der Waals surface area contributed by atoms with Gasteiger partial charge in [-0.1, -0.05) is 55.6 Å². The largest absolute Gasteiger partial charge is 0.493 e. The molecule has 0 aliphatic heterocycles. The van der Waals surface area contributed by atoms with Gasteiger partial charge in [-0.15, -0.1) is 0 Å². The first-order valence-corrected chi connectivity index (χ1v) is 16.9. The van der Waals surface area contributed by atoms with Gasteiger partial charge in [0.25, 0.3) is 10.0 Å². The van der Waals surface area contributed by atoms with Crippen LogP contribution in [0.3, 0.4) is 0 Å². The maximum Gasteiger partial charge on any atom is 0.264 e. The lowest BCUT2D eigenvalue weighted by Gasteiger charge is -2.33. The van der Waals surface area contributed by atoms with Gasteiger partial charge in [-0.2, -0.15) is 0 Å². The summed E-state index contributed by atoms with van der Waals surface area (Å²) in [7, 11) is -1.45. The zero-order chi connectivity index (χ0) is 33.3. The maximum absolute atomic E-state index is 14.3. The van der Waals surface area contributed by atoms with Crippen LogP contribution in [0.2, 0.25) is 10.0 Å². The van der Waals surface area contributed by atoms with Gasteiger partial charge in [-0.3, -0.25) is 13.9 Å². The Morgan fingerprint density at radius 1 is 0.889 bits per heavy atom. The van der Waals surface area contributed by atoms with Crippen LogP contribution in [0.5, 0.6) is 11.5 Å². The van der Waals surface area contributed by atoms with Gasteiger partial charge in [0.1, 0.15) is 12.6 Å². The fourth-order valence-electron chi connectivity index (χ4n) is 4.99. The second kappa shape index (κ2) is 16.2. The number of unbranched alkanes of at least 4 members (excludes halogenated alkanes) is 1. The van der Waals surface area contributed by atoms with Gasteiger partial charge in [-0.25, -0.2) is 8.42 Å². The smallest absolute Gasteiger partial charge is 0.264 e. The van der Waals surface area contributed by atoms with E-state index in [1.807, 2.05) is 26.8 Å². The molecule has 0 saturated carbocycles. The lowest BCUT2D eigenvalue weighted by atomic mass is 10.1. The molecular weight excluding hydrogens is 637 g/mol. The van der Waals surface area contributed by atoms with Crippen LogP contribution in [0.25, 0.3) is 0 Å². The van der Waals surface area contributed by atoms with E-state index in [-0.39, 0.29) is 23.1 Å². The van der Waals surface area contributed by atoms with E-state index in [1.165, 1.54) is 37.3 Å². The SMILES string of the molecule is CCCCNC(=O)C(CC)N(Cc1ccc(Cl)c(Cl)c1)C(=O)CN(c1cc(C)cc(C)c1)S(=O)(=O)c1ccc(OC)c(OC)c1. The molecule has 1 unspecified atom stereocenters.